The second-order valence-electron chi connectivity index (χ2n) is 6.79. The maximum atomic E-state index is 13.1. The van der Waals surface area contributed by atoms with Gasteiger partial charge in [0.15, 0.2) is 0 Å². The lowest BCUT2D eigenvalue weighted by Gasteiger charge is -2.28. The number of likely N-dealkylation sites (N-methyl/N-ethyl adjacent to an activating group) is 1. The highest BCUT2D eigenvalue weighted by molar-refractivity contribution is 6.02. The molecule has 0 bridgehead atoms. The van der Waals surface area contributed by atoms with Crippen LogP contribution in [0.3, 0.4) is 0 Å². The number of benzene rings is 2. The standard InChI is InChI=1S/C21H20N4O4/c1-25(12-18-23-24-20(29-18)13-7-4-3-5-8-13)21(27)15-11-17(26)22-19-14(15)9-6-10-16(19)28-2/h3-10,15H,11-12H2,1-2H3,(H,22,26)/t15-/m0/s1. The van der Waals surface area contributed by atoms with E-state index in [9.17, 15) is 9.59 Å². The quantitative estimate of drug-likeness (QED) is 0.717. The Morgan fingerprint density at radius 1 is 1.21 bits per heavy atom. The van der Waals surface area contributed by atoms with Gasteiger partial charge in [0.05, 0.1) is 25.3 Å². The highest BCUT2D eigenvalue weighted by Gasteiger charge is 2.34. The molecule has 1 aliphatic rings. The Morgan fingerprint density at radius 3 is 2.76 bits per heavy atom. The Hall–Kier alpha value is -3.68. The predicted molar refractivity (Wildman–Crippen MR) is 105 cm³/mol. The van der Waals surface area contributed by atoms with Gasteiger partial charge < -0.3 is 19.4 Å². The average Bonchev–Trinajstić information content (AvgIpc) is 3.21. The molecule has 148 valence electrons. The number of fused-ring (bicyclic) bond motifs is 1. The number of aromatic nitrogens is 2. The Balaban J connectivity index is 1.53. The van der Waals surface area contributed by atoms with Gasteiger partial charge in [-0.2, -0.15) is 0 Å². The molecular weight excluding hydrogens is 372 g/mol. The molecule has 2 heterocycles. The molecule has 1 atom stereocenters. The van der Waals surface area contributed by atoms with Crippen LogP contribution in [-0.2, 0) is 16.1 Å². The summed E-state index contributed by atoms with van der Waals surface area (Å²) in [4.78, 5) is 26.8. The largest absolute Gasteiger partial charge is 0.495 e. The third-order valence-corrected chi connectivity index (χ3v) is 4.84. The molecule has 0 spiro atoms. The van der Waals surface area contributed by atoms with Crippen LogP contribution in [0.4, 0.5) is 5.69 Å². The number of para-hydroxylation sites is 1. The number of hydrogen-bond donors (Lipinski definition) is 1. The van der Waals surface area contributed by atoms with E-state index in [0.29, 0.717) is 23.2 Å². The van der Waals surface area contributed by atoms with Crippen molar-refractivity contribution in [3.63, 3.8) is 0 Å². The molecule has 0 saturated carbocycles. The Kier molecular flexibility index (Phi) is 4.99. The zero-order valence-electron chi connectivity index (χ0n) is 16.1. The first-order chi connectivity index (χ1) is 14.1. The predicted octanol–water partition coefficient (Wildman–Crippen LogP) is 2.83. The lowest BCUT2D eigenvalue weighted by Crippen LogP contribution is -2.36. The van der Waals surface area contributed by atoms with Gasteiger partial charge in [0.25, 0.3) is 0 Å². The molecule has 0 unspecified atom stereocenters. The number of methoxy groups -OCH3 is 1. The van der Waals surface area contributed by atoms with Gasteiger partial charge in [-0.15, -0.1) is 10.2 Å². The van der Waals surface area contributed by atoms with Crippen LogP contribution in [0, 0.1) is 0 Å². The lowest BCUT2D eigenvalue weighted by molar-refractivity contribution is -0.134. The Morgan fingerprint density at radius 2 is 2.00 bits per heavy atom. The van der Waals surface area contributed by atoms with E-state index in [1.54, 1.807) is 19.2 Å². The van der Waals surface area contributed by atoms with E-state index in [1.807, 2.05) is 36.4 Å². The van der Waals surface area contributed by atoms with Crippen molar-refractivity contribution in [2.24, 2.45) is 0 Å². The van der Waals surface area contributed by atoms with Crippen LogP contribution in [0.5, 0.6) is 5.75 Å². The van der Waals surface area contributed by atoms with Crippen molar-refractivity contribution in [2.45, 2.75) is 18.9 Å². The van der Waals surface area contributed by atoms with E-state index >= 15 is 0 Å². The molecule has 0 aliphatic carbocycles. The number of rotatable bonds is 5. The highest BCUT2D eigenvalue weighted by Crippen LogP contribution is 2.39. The van der Waals surface area contributed by atoms with Crippen molar-refractivity contribution in [3.05, 3.63) is 60.0 Å². The van der Waals surface area contributed by atoms with Crippen LogP contribution in [0.25, 0.3) is 11.5 Å². The summed E-state index contributed by atoms with van der Waals surface area (Å²) in [5.41, 5.74) is 2.09. The number of anilines is 1. The molecule has 1 aromatic heterocycles. The molecule has 1 N–H and O–H groups in total. The van der Waals surface area contributed by atoms with Crippen molar-refractivity contribution < 1.29 is 18.7 Å². The summed E-state index contributed by atoms with van der Waals surface area (Å²) in [5.74, 6) is 0.224. The molecule has 8 heteroatoms. The summed E-state index contributed by atoms with van der Waals surface area (Å²) >= 11 is 0. The fourth-order valence-corrected chi connectivity index (χ4v) is 3.41. The zero-order chi connectivity index (χ0) is 20.4. The van der Waals surface area contributed by atoms with E-state index in [2.05, 4.69) is 15.5 Å². The van der Waals surface area contributed by atoms with Crippen molar-refractivity contribution in [1.29, 1.82) is 0 Å². The Bertz CT molecular complexity index is 1050. The average molecular weight is 392 g/mol. The normalized spacial score (nSPS) is 15.4. The summed E-state index contributed by atoms with van der Waals surface area (Å²) in [6.07, 6.45) is 0.0719. The molecule has 3 aromatic rings. The molecule has 2 amide bonds. The van der Waals surface area contributed by atoms with Gasteiger partial charge in [0, 0.05) is 19.0 Å². The fraction of sp³-hybridized carbons (Fsp3) is 0.238. The maximum absolute atomic E-state index is 13.1. The first-order valence-corrected chi connectivity index (χ1v) is 9.16. The minimum atomic E-state index is -0.602. The SMILES string of the molecule is COc1cccc2c1NC(=O)C[C@@H]2C(=O)N(C)Cc1nnc(-c2ccccc2)o1. The molecule has 1 aliphatic heterocycles. The van der Waals surface area contributed by atoms with Gasteiger partial charge in [-0.05, 0) is 23.8 Å². The lowest BCUT2D eigenvalue weighted by atomic mass is 9.89. The van der Waals surface area contributed by atoms with Crippen LogP contribution < -0.4 is 10.1 Å². The van der Waals surface area contributed by atoms with Crippen LogP contribution in [-0.4, -0.2) is 41.1 Å². The molecule has 0 saturated heterocycles. The molecule has 4 rings (SSSR count). The van der Waals surface area contributed by atoms with Crippen molar-refractivity contribution in [2.75, 3.05) is 19.5 Å². The smallest absolute Gasteiger partial charge is 0.247 e. The van der Waals surface area contributed by atoms with E-state index in [1.165, 1.54) is 12.0 Å². The van der Waals surface area contributed by atoms with Gasteiger partial charge in [0.1, 0.15) is 5.75 Å². The van der Waals surface area contributed by atoms with Crippen molar-refractivity contribution in [3.8, 4) is 17.2 Å². The molecule has 0 radical (unpaired) electrons. The van der Waals surface area contributed by atoms with Gasteiger partial charge in [0.2, 0.25) is 23.6 Å². The molecule has 8 nitrogen and oxygen atoms in total. The van der Waals surface area contributed by atoms with Gasteiger partial charge >= 0.3 is 0 Å². The molecule has 0 fully saturated rings. The monoisotopic (exact) mass is 392 g/mol. The summed E-state index contributed by atoms with van der Waals surface area (Å²) in [6.45, 7) is 0.149. The first-order valence-electron chi connectivity index (χ1n) is 9.16. The zero-order valence-corrected chi connectivity index (χ0v) is 16.1. The van der Waals surface area contributed by atoms with Crippen LogP contribution in [0.2, 0.25) is 0 Å². The minimum absolute atomic E-state index is 0.0719. The summed E-state index contributed by atoms with van der Waals surface area (Å²) in [5, 5.41) is 10.9. The third-order valence-electron chi connectivity index (χ3n) is 4.84. The van der Waals surface area contributed by atoms with E-state index < -0.39 is 5.92 Å². The molecule has 2 aromatic carbocycles. The van der Waals surface area contributed by atoms with E-state index in [0.717, 1.165) is 11.1 Å². The van der Waals surface area contributed by atoms with Crippen molar-refractivity contribution in [1.82, 2.24) is 15.1 Å². The van der Waals surface area contributed by atoms with Crippen LogP contribution in [0.1, 0.15) is 23.8 Å². The minimum Gasteiger partial charge on any atom is -0.495 e. The number of nitrogens with one attached hydrogen (secondary N) is 1. The van der Waals surface area contributed by atoms with Gasteiger partial charge in [-0.1, -0.05) is 30.3 Å². The molecular formula is C21H20N4O4. The third kappa shape index (κ3) is 3.69. The number of carbonyl (C=O) groups is 2. The highest BCUT2D eigenvalue weighted by atomic mass is 16.5. The van der Waals surface area contributed by atoms with Crippen molar-refractivity contribution >= 4 is 17.5 Å². The van der Waals surface area contributed by atoms with Gasteiger partial charge in [-0.25, -0.2) is 0 Å². The first kappa shape index (κ1) is 18.7. The number of carbonyl (C=O) groups excluding carboxylic acids is 2. The Labute approximate surface area is 167 Å². The molecule has 29 heavy (non-hydrogen) atoms. The van der Waals surface area contributed by atoms with Crippen LogP contribution in [0.15, 0.2) is 52.9 Å². The maximum Gasteiger partial charge on any atom is 0.247 e. The number of amides is 2. The van der Waals surface area contributed by atoms with E-state index in [4.69, 9.17) is 9.15 Å². The summed E-state index contributed by atoms with van der Waals surface area (Å²) < 4.78 is 11.0. The van der Waals surface area contributed by atoms with Gasteiger partial charge in [-0.3, -0.25) is 9.59 Å². The van der Waals surface area contributed by atoms with Crippen LogP contribution >= 0.6 is 0 Å². The number of hydrogen-bond acceptors (Lipinski definition) is 6. The second-order valence-corrected chi connectivity index (χ2v) is 6.79. The number of ether oxygens (including phenoxy) is 1. The summed E-state index contributed by atoms with van der Waals surface area (Å²) in [7, 11) is 3.18. The second kappa shape index (κ2) is 7.75. The summed E-state index contributed by atoms with van der Waals surface area (Å²) in [6, 6.07) is 14.8. The fourth-order valence-electron chi connectivity index (χ4n) is 3.41. The van der Waals surface area contributed by atoms with E-state index in [-0.39, 0.29) is 24.8 Å². The topological polar surface area (TPSA) is 97.6 Å². The number of nitrogens with zero attached hydrogens (tertiary/aromatic N) is 3.